The molecule has 0 bridgehead atoms. The van der Waals surface area contributed by atoms with Crippen molar-refractivity contribution in [1.29, 1.82) is 0 Å². The number of carbonyl (C=O) groups is 1. The van der Waals surface area contributed by atoms with Gasteiger partial charge in [-0.25, -0.2) is 19.7 Å². The molecule has 0 saturated carbocycles. The fourth-order valence-electron chi connectivity index (χ4n) is 3.82. The van der Waals surface area contributed by atoms with E-state index in [-0.39, 0.29) is 36.1 Å². The van der Waals surface area contributed by atoms with Crippen molar-refractivity contribution < 1.29 is 46.4 Å². The predicted octanol–water partition coefficient (Wildman–Crippen LogP) is 6.92. The van der Waals surface area contributed by atoms with Crippen molar-refractivity contribution in [2.45, 2.75) is 66.2 Å². The Morgan fingerprint density at radius 3 is 2.14 bits per heavy atom. The van der Waals surface area contributed by atoms with Crippen LogP contribution in [-0.2, 0) is 11.4 Å². The molecule has 0 amide bonds. The average Bonchev–Trinajstić information content (AvgIpc) is 3.33. The molecular weight excluding hydrogens is 571 g/mol. The first-order chi connectivity index (χ1) is 20.1. The summed E-state index contributed by atoms with van der Waals surface area (Å²) in [5.41, 5.74) is 1.16. The summed E-state index contributed by atoms with van der Waals surface area (Å²) in [4.78, 5) is 24.5. The fourth-order valence-corrected chi connectivity index (χ4v) is 3.82. The number of nitrogens with zero attached hydrogens (tertiary/aromatic N) is 3. The van der Waals surface area contributed by atoms with Crippen LogP contribution in [0.15, 0.2) is 53.2 Å². The molecule has 43 heavy (non-hydrogen) atoms. The van der Waals surface area contributed by atoms with Gasteiger partial charge in [0.25, 0.3) is 0 Å². The number of hydrogen-bond acceptors (Lipinski definition) is 9. The van der Waals surface area contributed by atoms with Gasteiger partial charge in [-0.05, 0) is 89.1 Å². The van der Waals surface area contributed by atoms with Crippen molar-refractivity contribution in [2.75, 3.05) is 0 Å². The van der Waals surface area contributed by atoms with Crippen molar-refractivity contribution in [3.63, 3.8) is 0 Å². The average molecular weight is 602 g/mol. The maximum absolute atomic E-state index is 12.7. The Morgan fingerprint density at radius 2 is 1.56 bits per heavy atom. The van der Waals surface area contributed by atoms with Gasteiger partial charge in [-0.1, -0.05) is 0 Å². The monoisotopic (exact) mass is 601 g/mol. The van der Waals surface area contributed by atoms with Gasteiger partial charge in [0.05, 0.1) is 6.10 Å². The molecule has 0 unspecified atom stereocenters. The molecule has 2 aromatic carbocycles. The van der Waals surface area contributed by atoms with Gasteiger partial charge in [0.15, 0.2) is 18.0 Å². The van der Waals surface area contributed by atoms with Gasteiger partial charge in [-0.2, -0.15) is 0 Å². The highest BCUT2D eigenvalue weighted by Crippen LogP contribution is 2.35. The van der Waals surface area contributed by atoms with E-state index in [4.69, 9.17) is 18.6 Å². The van der Waals surface area contributed by atoms with E-state index >= 15 is 0 Å². The van der Waals surface area contributed by atoms with Crippen molar-refractivity contribution in [1.82, 2.24) is 15.0 Å². The zero-order valence-electron chi connectivity index (χ0n) is 24.3. The number of hydrogen-bond donors (Lipinski definition) is 1. The molecule has 0 atom stereocenters. The maximum Gasteiger partial charge on any atom is 0.573 e. The molecule has 2 heterocycles. The lowest BCUT2D eigenvalue weighted by atomic mass is 10.1. The molecule has 0 fully saturated rings. The minimum atomic E-state index is -4.83. The first kappa shape index (κ1) is 31.1. The van der Waals surface area contributed by atoms with Crippen LogP contribution in [0.2, 0.25) is 0 Å². The zero-order valence-corrected chi connectivity index (χ0v) is 24.3. The van der Waals surface area contributed by atoms with Crippen LogP contribution < -0.4 is 18.9 Å². The van der Waals surface area contributed by atoms with Gasteiger partial charge < -0.3 is 28.5 Å². The molecule has 13 heteroatoms. The van der Waals surface area contributed by atoms with Gasteiger partial charge in [0, 0.05) is 23.5 Å². The summed E-state index contributed by atoms with van der Waals surface area (Å²) in [5, 5.41) is 9.39. The number of benzene rings is 2. The van der Waals surface area contributed by atoms with Crippen LogP contribution in [-0.4, -0.2) is 44.1 Å². The molecule has 0 aliphatic rings. The summed E-state index contributed by atoms with van der Waals surface area (Å²) in [6, 6.07) is 8.74. The molecule has 4 aromatic rings. The number of aryl methyl sites for hydroxylation is 2. The van der Waals surface area contributed by atoms with Crippen LogP contribution in [0.4, 0.5) is 13.2 Å². The first-order valence-corrected chi connectivity index (χ1v) is 13.1. The third-order valence-corrected chi connectivity index (χ3v) is 5.97. The number of oxazole rings is 1. The molecule has 228 valence electrons. The summed E-state index contributed by atoms with van der Waals surface area (Å²) in [7, 11) is 0. The summed E-state index contributed by atoms with van der Waals surface area (Å²) >= 11 is 0. The van der Waals surface area contributed by atoms with E-state index in [1.807, 2.05) is 13.8 Å². The number of carboxylic acids is 1. The van der Waals surface area contributed by atoms with Gasteiger partial charge in [0.2, 0.25) is 5.89 Å². The second kappa shape index (κ2) is 12.2. The van der Waals surface area contributed by atoms with Crippen LogP contribution in [0.5, 0.6) is 23.3 Å². The summed E-state index contributed by atoms with van der Waals surface area (Å²) in [6.45, 7) is 10.0. The molecule has 4 rings (SSSR count). The zero-order chi connectivity index (χ0) is 31.5. The van der Waals surface area contributed by atoms with Crippen LogP contribution in [0.3, 0.4) is 0 Å². The first-order valence-electron chi connectivity index (χ1n) is 13.1. The molecule has 0 spiro atoms. The van der Waals surface area contributed by atoms with E-state index in [0.29, 0.717) is 39.4 Å². The third kappa shape index (κ3) is 7.93. The Balaban J connectivity index is 1.63. The van der Waals surface area contributed by atoms with E-state index < -0.39 is 17.9 Å². The van der Waals surface area contributed by atoms with Crippen LogP contribution in [0.25, 0.3) is 22.6 Å². The Labute approximate surface area is 245 Å². The Hall–Kier alpha value is -4.81. The molecule has 1 N–H and O–H groups in total. The second-order valence-electron chi connectivity index (χ2n) is 10.4. The van der Waals surface area contributed by atoms with Gasteiger partial charge in [-0.3, -0.25) is 0 Å². The van der Waals surface area contributed by atoms with Gasteiger partial charge >= 0.3 is 18.3 Å². The number of ether oxygens (including phenoxy) is 4. The fraction of sp³-hybridized carbons (Fsp3) is 0.333. The minimum absolute atomic E-state index is 0.0984. The lowest BCUT2D eigenvalue weighted by molar-refractivity contribution is -0.274. The van der Waals surface area contributed by atoms with Crippen LogP contribution >= 0.6 is 0 Å². The summed E-state index contributed by atoms with van der Waals surface area (Å²) in [5.74, 6) is -0.162. The number of aliphatic carboxylic acids is 1. The highest BCUT2D eigenvalue weighted by atomic mass is 19.4. The second-order valence-corrected chi connectivity index (χ2v) is 10.4. The Morgan fingerprint density at radius 1 is 0.953 bits per heavy atom. The topological polar surface area (TPSA) is 126 Å². The van der Waals surface area contributed by atoms with Crippen LogP contribution in [0, 0.1) is 13.8 Å². The Bertz CT molecular complexity index is 1580. The third-order valence-electron chi connectivity index (χ3n) is 5.97. The number of halogens is 3. The van der Waals surface area contributed by atoms with Gasteiger partial charge in [0.1, 0.15) is 22.9 Å². The molecule has 10 nitrogen and oxygen atoms in total. The minimum Gasteiger partial charge on any atom is -0.484 e. The van der Waals surface area contributed by atoms with E-state index in [0.717, 1.165) is 0 Å². The molecule has 0 aliphatic carbocycles. The quantitative estimate of drug-likeness (QED) is 0.194. The SMILES string of the molecule is Cc1cc(OC(C)(C)C(=O)O)c(C)cc1OCc1nc(-c2cnc(OC(C)C)nc2)c(-c2ccc(OC(F)(F)F)cc2)o1. The van der Waals surface area contributed by atoms with Crippen molar-refractivity contribution in [3.8, 4) is 45.8 Å². The molecular formula is C30H30F3N3O7. The Kier molecular flexibility index (Phi) is 8.83. The number of carboxylic acid groups (broad SMARTS) is 1. The summed E-state index contributed by atoms with van der Waals surface area (Å²) in [6.07, 6.45) is -1.95. The smallest absolute Gasteiger partial charge is 0.484 e. The molecule has 0 radical (unpaired) electrons. The highest BCUT2D eigenvalue weighted by Gasteiger charge is 2.31. The van der Waals surface area contributed by atoms with E-state index in [9.17, 15) is 23.1 Å². The summed E-state index contributed by atoms with van der Waals surface area (Å²) < 4.78 is 65.1. The van der Waals surface area contributed by atoms with Crippen molar-refractivity contribution in [2.24, 2.45) is 0 Å². The largest absolute Gasteiger partial charge is 0.573 e. The standard InChI is InChI=1S/C30H30F3N3O7/c1-16(2)40-28-34-13-20(14-35-28)25-26(19-7-9-21(10-8-19)42-30(31,32)33)41-24(36-25)15-39-22-11-18(4)23(12-17(22)3)43-29(5,6)27(37)38/h7-14,16H,15H2,1-6H3,(H,37,38). The van der Waals surface area contributed by atoms with E-state index in [2.05, 4.69) is 19.7 Å². The highest BCUT2D eigenvalue weighted by molar-refractivity contribution is 5.77. The lowest BCUT2D eigenvalue weighted by Gasteiger charge is -2.23. The molecule has 0 aliphatic heterocycles. The number of rotatable bonds is 11. The van der Waals surface area contributed by atoms with Crippen LogP contribution in [0.1, 0.15) is 44.7 Å². The number of aromatic nitrogens is 3. The maximum atomic E-state index is 12.7. The van der Waals surface area contributed by atoms with Crippen molar-refractivity contribution >= 4 is 5.97 Å². The van der Waals surface area contributed by atoms with Crippen molar-refractivity contribution in [3.05, 3.63) is 65.8 Å². The predicted molar refractivity (Wildman–Crippen MR) is 148 cm³/mol. The molecule has 2 aromatic heterocycles. The van der Waals surface area contributed by atoms with Gasteiger partial charge in [-0.15, -0.1) is 13.2 Å². The molecule has 0 saturated heterocycles. The van der Waals surface area contributed by atoms with E-state index in [1.54, 1.807) is 26.0 Å². The van der Waals surface area contributed by atoms with E-state index in [1.165, 1.54) is 50.5 Å². The normalized spacial score (nSPS) is 11.9. The number of alkyl halides is 3. The lowest BCUT2D eigenvalue weighted by Crippen LogP contribution is -2.38.